The van der Waals surface area contributed by atoms with Crippen molar-refractivity contribution >= 4 is 11.8 Å². The van der Waals surface area contributed by atoms with Gasteiger partial charge in [-0.15, -0.1) is 0 Å². The molecule has 3 atom stereocenters. The molecule has 0 saturated carbocycles. The highest BCUT2D eigenvalue weighted by molar-refractivity contribution is 5.43. The zero-order chi connectivity index (χ0) is 15.4. The molecule has 7 nitrogen and oxygen atoms in total. The molecule has 2 saturated heterocycles. The Bertz CT molecular complexity index is 479. The van der Waals surface area contributed by atoms with Crippen molar-refractivity contribution in [1.82, 2.24) is 15.3 Å². The summed E-state index contributed by atoms with van der Waals surface area (Å²) in [5.74, 6) is 1.17. The fraction of sp³-hybridized carbons (Fsp3) is 0.733. The van der Waals surface area contributed by atoms with E-state index in [2.05, 4.69) is 20.2 Å². The number of aromatic nitrogens is 2. The van der Waals surface area contributed by atoms with Gasteiger partial charge in [-0.25, -0.2) is 4.98 Å². The Labute approximate surface area is 131 Å². The van der Waals surface area contributed by atoms with Crippen molar-refractivity contribution < 1.29 is 9.47 Å². The first-order valence-corrected chi connectivity index (χ1v) is 7.96. The SMILES string of the molecule is CO[C@@H]1CN(c2ccnc(N)n2)C[C@@H]1NC1CCCOCC1. The van der Waals surface area contributed by atoms with Gasteiger partial charge in [-0.2, -0.15) is 4.98 Å². The minimum Gasteiger partial charge on any atom is -0.381 e. The van der Waals surface area contributed by atoms with E-state index in [1.807, 2.05) is 6.07 Å². The Hall–Kier alpha value is -1.44. The molecule has 2 fully saturated rings. The number of hydrogen-bond donors (Lipinski definition) is 2. The van der Waals surface area contributed by atoms with Gasteiger partial charge in [0.25, 0.3) is 0 Å². The van der Waals surface area contributed by atoms with Crippen molar-refractivity contribution in [2.45, 2.75) is 37.5 Å². The fourth-order valence-electron chi connectivity index (χ4n) is 3.27. The van der Waals surface area contributed by atoms with E-state index in [1.165, 1.54) is 0 Å². The summed E-state index contributed by atoms with van der Waals surface area (Å²) in [5.41, 5.74) is 5.69. The van der Waals surface area contributed by atoms with E-state index in [0.717, 1.165) is 51.4 Å². The third-order valence-electron chi connectivity index (χ3n) is 4.45. The van der Waals surface area contributed by atoms with Gasteiger partial charge in [0.2, 0.25) is 5.95 Å². The van der Waals surface area contributed by atoms with Crippen LogP contribution in [0.15, 0.2) is 12.3 Å². The first-order valence-electron chi connectivity index (χ1n) is 7.96. The van der Waals surface area contributed by atoms with Crippen LogP contribution < -0.4 is 16.0 Å². The van der Waals surface area contributed by atoms with Crippen molar-refractivity contribution in [3.63, 3.8) is 0 Å². The van der Waals surface area contributed by atoms with Gasteiger partial charge in [0.05, 0.1) is 12.1 Å². The number of hydrogen-bond acceptors (Lipinski definition) is 7. The van der Waals surface area contributed by atoms with Crippen LogP contribution in [0.1, 0.15) is 19.3 Å². The molecule has 2 aliphatic rings. The van der Waals surface area contributed by atoms with E-state index < -0.39 is 0 Å². The molecular weight excluding hydrogens is 282 g/mol. The zero-order valence-corrected chi connectivity index (χ0v) is 13.1. The van der Waals surface area contributed by atoms with Crippen LogP contribution in [0.4, 0.5) is 11.8 Å². The standard InChI is InChI=1S/C15H25N5O2/c1-21-13-10-20(14-4-6-17-15(16)19-14)9-12(13)18-11-3-2-7-22-8-5-11/h4,6,11-13,18H,2-3,5,7-10H2,1H3,(H2,16,17,19)/t11?,12-,13+/m0/s1. The van der Waals surface area contributed by atoms with Crippen LogP contribution in [0, 0.1) is 0 Å². The third-order valence-corrected chi connectivity index (χ3v) is 4.45. The second-order valence-corrected chi connectivity index (χ2v) is 5.97. The fourth-order valence-corrected chi connectivity index (χ4v) is 3.27. The van der Waals surface area contributed by atoms with E-state index in [-0.39, 0.29) is 6.10 Å². The highest BCUT2D eigenvalue weighted by Gasteiger charge is 2.35. The van der Waals surface area contributed by atoms with Crippen LogP contribution in [0.25, 0.3) is 0 Å². The molecule has 0 aliphatic carbocycles. The number of anilines is 2. The van der Waals surface area contributed by atoms with Crippen LogP contribution >= 0.6 is 0 Å². The molecule has 0 aromatic carbocycles. The molecule has 0 bridgehead atoms. The zero-order valence-electron chi connectivity index (χ0n) is 13.1. The van der Waals surface area contributed by atoms with Crippen molar-refractivity contribution in [2.75, 3.05) is 44.0 Å². The summed E-state index contributed by atoms with van der Waals surface area (Å²) in [6, 6.07) is 2.69. The minimum absolute atomic E-state index is 0.153. The quantitative estimate of drug-likeness (QED) is 0.834. The Kier molecular flexibility index (Phi) is 5.07. The molecule has 0 amide bonds. The normalized spacial score (nSPS) is 29.5. The number of nitrogens with two attached hydrogens (primary N) is 1. The van der Waals surface area contributed by atoms with Crippen LogP contribution in [-0.4, -0.2) is 61.6 Å². The van der Waals surface area contributed by atoms with E-state index in [9.17, 15) is 0 Å². The lowest BCUT2D eigenvalue weighted by Gasteiger charge is -2.24. The molecule has 0 spiro atoms. The molecule has 22 heavy (non-hydrogen) atoms. The van der Waals surface area contributed by atoms with E-state index in [0.29, 0.717) is 18.0 Å². The van der Waals surface area contributed by atoms with Crippen LogP contribution in [-0.2, 0) is 9.47 Å². The molecule has 3 heterocycles. The summed E-state index contributed by atoms with van der Waals surface area (Å²) < 4.78 is 11.2. The van der Waals surface area contributed by atoms with Crippen molar-refractivity contribution in [3.8, 4) is 0 Å². The second-order valence-electron chi connectivity index (χ2n) is 5.97. The van der Waals surface area contributed by atoms with Gasteiger partial charge in [0, 0.05) is 45.7 Å². The van der Waals surface area contributed by atoms with Gasteiger partial charge in [-0.1, -0.05) is 0 Å². The Morgan fingerprint density at radius 1 is 1.36 bits per heavy atom. The van der Waals surface area contributed by atoms with Gasteiger partial charge in [0.1, 0.15) is 5.82 Å². The highest BCUT2D eigenvalue weighted by Crippen LogP contribution is 2.21. The summed E-state index contributed by atoms with van der Waals surface area (Å²) in [6.07, 6.45) is 5.19. The van der Waals surface area contributed by atoms with Crippen LogP contribution in [0.5, 0.6) is 0 Å². The first-order chi connectivity index (χ1) is 10.8. The van der Waals surface area contributed by atoms with Gasteiger partial charge < -0.3 is 25.4 Å². The number of nitrogens with zero attached hydrogens (tertiary/aromatic N) is 3. The maximum absolute atomic E-state index is 5.69. The maximum Gasteiger partial charge on any atom is 0.221 e. The number of nitrogens with one attached hydrogen (secondary N) is 1. The molecule has 1 unspecified atom stereocenters. The molecule has 7 heteroatoms. The monoisotopic (exact) mass is 307 g/mol. The summed E-state index contributed by atoms with van der Waals surface area (Å²) in [5, 5.41) is 3.75. The van der Waals surface area contributed by atoms with Crippen LogP contribution in [0.2, 0.25) is 0 Å². The number of methoxy groups -OCH3 is 1. The predicted octanol–water partition coefficient (Wildman–Crippen LogP) is 0.421. The third kappa shape index (κ3) is 3.66. The van der Waals surface area contributed by atoms with E-state index in [4.69, 9.17) is 15.2 Å². The lowest BCUT2D eigenvalue weighted by atomic mass is 10.1. The summed E-state index contributed by atoms with van der Waals surface area (Å²) in [4.78, 5) is 10.5. The Morgan fingerprint density at radius 2 is 2.27 bits per heavy atom. The summed E-state index contributed by atoms with van der Waals surface area (Å²) in [7, 11) is 1.77. The van der Waals surface area contributed by atoms with Gasteiger partial charge in [0.15, 0.2) is 0 Å². The molecule has 0 radical (unpaired) electrons. The van der Waals surface area contributed by atoms with Crippen molar-refractivity contribution in [2.24, 2.45) is 0 Å². The number of rotatable bonds is 4. The topological polar surface area (TPSA) is 85.5 Å². The molecule has 1 aromatic heterocycles. The van der Waals surface area contributed by atoms with Gasteiger partial charge in [-0.05, 0) is 25.3 Å². The van der Waals surface area contributed by atoms with Gasteiger partial charge >= 0.3 is 0 Å². The molecule has 2 aliphatic heterocycles. The number of ether oxygens (including phenoxy) is 2. The first kappa shape index (κ1) is 15.5. The summed E-state index contributed by atoms with van der Waals surface area (Å²) in [6.45, 7) is 3.40. The van der Waals surface area contributed by atoms with Gasteiger partial charge in [-0.3, -0.25) is 0 Å². The van der Waals surface area contributed by atoms with Crippen molar-refractivity contribution in [1.29, 1.82) is 0 Å². The van der Waals surface area contributed by atoms with E-state index in [1.54, 1.807) is 13.3 Å². The van der Waals surface area contributed by atoms with E-state index >= 15 is 0 Å². The minimum atomic E-state index is 0.153. The van der Waals surface area contributed by atoms with Crippen LogP contribution in [0.3, 0.4) is 0 Å². The largest absolute Gasteiger partial charge is 0.381 e. The second kappa shape index (κ2) is 7.21. The highest BCUT2D eigenvalue weighted by atomic mass is 16.5. The molecule has 3 rings (SSSR count). The predicted molar refractivity (Wildman–Crippen MR) is 84.8 cm³/mol. The van der Waals surface area contributed by atoms with Crippen molar-refractivity contribution in [3.05, 3.63) is 12.3 Å². The number of nitrogen functional groups attached to an aromatic ring is 1. The lowest BCUT2D eigenvalue weighted by Crippen LogP contribution is -2.46. The average Bonchev–Trinajstić information content (AvgIpc) is 2.75. The molecular formula is C15H25N5O2. The Balaban J connectivity index is 1.64. The lowest BCUT2D eigenvalue weighted by molar-refractivity contribution is 0.0911. The maximum atomic E-state index is 5.69. The smallest absolute Gasteiger partial charge is 0.221 e. The Morgan fingerprint density at radius 3 is 3.09 bits per heavy atom. The average molecular weight is 307 g/mol. The molecule has 122 valence electrons. The summed E-state index contributed by atoms with van der Waals surface area (Å²) >= 11 is 0. The molecule has 1 aromatic rings. The molecule has 3 N–H and O–H groups in total.